The molecule has 1 aliphatic heterocycles. The number of aromatic nitrogens is 1. The van der Waals surface area contributed by atoms with Crippen molar-refractivity contribution in [2.75, 3.05) is 26.2 Å². The molecule has 0 bridgehead atoms. The first-order valence-corrected chi connectivity index (χ1v) is 9.20. The minimum atomic E-state index is -0.278. The quantitative estimate of drug-likeness (QED) is 0.889. The second kappa shape index (κ2) is 8.01. The minimum Gasteiger partial charge on any atom is -0.444 e. The lowest BCUT2D eigenvalue weighted by molar-refractivity contribution is -0.137. The third-order valence-corrected chi connectivity index (χ3v) is 5.23. The average Bonchev–Trinajstić information content (AvgIpc) is 2.98. The van der Waals surface area contributed by atoms with Crippen molar-refractivity contribution < 1.29 is 9.21 Å². The molecule has 2 atom stereocenters. The summed E-state index contributed by atoms with van der Waals surface area (Å²) in [7, 11) is 0. The Morgan fingerprint density at radius 2 is 1.85 bits per heavy atom. The molecular formula is C20H28N4O2. The first-order valence-electron chi connectivity index (χ1n) is 9.20. The number of hydrogen-bond acceptors (Lipinski definition) is 5. The van der Waals surface area contributed by atoms with Gasteiger partial charge >= 0.3 is 0 Å². The van der Waals surface area contributed by atoms with Crippen LogP contribution in [0.25, 0.3) is 0 Å². The first-order chi connectivity index (χ1) is 12.5. The Balaban J connectivity index is 1.53. The van der Waals surface area contributed by atoms with E-state index in [9.17, 15) is 4.79 Å². The zero-order valence-corrected chi connectivity index (χ0v) is 15.8. The maximum atomic E-state index is 12.8. The molecule has 1 aromatic heterocycles. The lowest BCUT2D eigenvalue weighted by Gasteiger charge is -2.36. The van der Waals surface area contributed by atoms with E-state index in [1.165, 1.54) is 0 Å². The topological polar surface area (TPSA) is 75.6 Å². The minimum absolute atomic E-state index is 0.129. The van der Waals surface area contributed by atoms with Crippen LogP contribution in [-0.2, 0) is 11.3 Å². The Kier molecular flexibility index (Phi) is 5.74. The number of hydrogen-bond donors (Lipinski definition) is 1. The highest BCUT2D eigenvalue weighted by Gasteiger charge is 2.29. The van der Waals surface area contributed by atoms with Gasteiger partial charge in [-0.25, -0.2) is 4.98 Å². The van der Waals surface area contributed by atoms with Crippen molar-refractivity contribution in [1.29, 1.82) is 0 Å². The molecule has 2 heterocycles. The molecule has 3 rings (SSSR count). The van der Waals surface area contributed by atoms with E-state index in [1.54, 1.807) is 0 Å². The first kappa shape index (κ1) is 18.6. The van der Waals surface area contributed by atoms with Gasteiger partial charge in [0, 0.05) is 32.2 Å². The van der Waals surface area contributed by atoms with Crippen molar-refractivity contribution >= 4 is 5.91 Å². The van der Waals surface area contributed by atoms with E-state index in [1.807, 2.05) is 56.0 Å². The number of amides is 1. The number of benzene rings is 1. The Bertz CT molecular complexity index is 716. The summed E-state index contributed by atoms with van der Waals surface area (Å²) in [6.45, 7) is 9.56. The van der Waals surface area contributed by atoms with E-state index in [2.05, 4.69) is 9.88 Å². The third kappa shape index (κ3) is 4.14. The number of carbonyl (C=O) groups excluding carboxylic acids is 1. The van der Waals surface area contributed by atoms with Crippen molar-refractivity contribution in [3.63, 3.8) is 0 Å². The van der Waals surface area contributed by atoms with E-state index in [-0.39, 0.29) is 17.9 Å². The Labute approximate surface area is 155 Å². The number of oxazole rings is 1. The van der Waals surface area contributed by atoms with Crippen LogP contribution in [0.3, 0.4) is 0 Å². The molecule has 6 heteroatoms. The van der Waals surface area contributed by atoms with E-state index in [0.29, 0.717) is 19.6 Å². The van der Waals surface area contributed by atoms with Gasteiger partial charge in [-0.05, 0) is 19.4 Å². The molecule has 1 aromatic carbocycles. The van der Waals surface area contributed by atoms with Gasteiger partial charge in [0.25, 0.3) is 0 Å². The van der Waals surface area contributed by atoms with Crippen molar-refractivity contribution in [2.45, 2.75) is 33.4 Å². The fourth-order valence-corrected chi connectivity index (χ4v) is 3.33. The summed E-state index contributed by atoms with van der Waals surface area (Å²) < 4.78 is 5.66. The molecule has 1 saturated heterocycles. The summed E-state index contributed by atoms with van der Waals surface area (Å²) in [5, 5.41) is 0. The van der Waals surface area contributed by atoms with Crippen LogP contribution in [0.4, 0.5) is 0 Å². The molecule has 26 heavy (non-hydrogen) atoms. The van der Waals surface area contributed by atoms with E-state index < -0.39 is 0 Å². The fourth-order valence-electron chi connectivity index (χ4n) is 3.33. The predicted molar refractivity (Wildman–Crippen MR) is 100 cm³/mol. The Morgan fingerprint density at radius 3 is 2.42 bits per heavy atom. The van der Waals surface area contributed by atoms with Gasteiger partial charge in [-0.15, -0.1) is 0 Å². The summed E-state index contributed by atoms with van der Waals surface area (Å²) in [5.74, 6) is 1.52. The summed E-state index contributed by atoms with van der Waals surface area (Å²) >= 11 is 0. The van der Waals surface area contributed by atoms with Crippen molar-refractivity contribution in [1.82, 2.24) is 14.8 Å². The summed E-state index contributed by atoms with van der Waals surface area (Å²) in [4.78, 5) is 21.5. The van der Waals surface area contributed by atoms with Crippen molar-refractivity contribution in [3.05, 3.63) is 53.2 Å². The van der Waals surface area contributed by atoms with Gasteiger partial charge in [0.2, 0.25) is 11.8 Å². The lowest BCUT2D eigenvalue weighted by Crippen LogP contribution is -2.50. The molecule has 1 amide bonds. The molecule has 2 N–H and O–H groups in total. The highest BCUT2D eigenvalue weighted by Crippen LogP contribution is 2.22. The molecule has 2 unspecified atom stereocenters. The van der Waals surface area contributed by atoms with E-state index in [0.717, 1.165) is 36.0 Å². The predicted octanol–water partition coefficient (Wildman–Crippen LogP) is 2.27. The molecule has 2 aromatic rings. The Hall–Kier alpha value is -2.18. The molecule has 0 radical (unpaired) electrons. The van der Waals surface area contributed by atoms with Gasteiger partial charge < -0.3 is 15.1 Å². The number of nitrogens with zero attached hydrogens (tertiary/aromatic N) is 3. The number of rotatable bonds is 5. The highest BCUT2D eigenvalue weighted by atomic mass is 16.4. The van der Waals surface area contributed by atoms with Crippen molar-refractivity contribution in [3.8, 4) is 0 Å². The average molecular weight is 356 g/mol. The largest absolute Gasteiger partial charge is 0.444 e. The molecule has 1 fully saturated rings. The van der Waals surface area contributed by atoms with Gasteiger partial charge in [-0.3, -0.25) is 9.69 Å². The monoisotopic (exact) mass is 356 g/mol. The van der Waals surface area contributed by atoms with E-state index in [4.69, 9.17) is 10.2 Å². The van der Waals surface area contributed by atoms with Crippen LogP contribution in [0.15, 0.2) is 34.7 Å². The smallest absolute Gasteiger partial charge is 0.227 e. The summed E-state index contributed by atoms with van der Waals surface area (Å²) in [6, 6.07) is 9.55. The molecule has 6 nitrogen and oxygen atoms in total. The van der Waals surface area contributed by atoms with Crippen LogP contribution in [-0.4, -0.2) is 46.9 Å². The Morgan fingerprint density at radius 1 is 1.19 bits per heavy atom. The zero-order valence-electron chi connectivity index (χ0n) is 15.8. The number of piperazine rings is 1. The standard InChI is InChI=1S/C20H28N4O2/c1-14(19(21)17-7-5-4-6-8-17)20(25)24-11-9-23(10-12-24)13-18-22-15(2)16(3)26-18/h4-8,14,19H,9-13,21H2,1-3H3. The fraction of sp³-hybridized carbons (Fsp3) is 0.500. The number of aryl methyl sites for hydroxylation is 2. The van der Waals surface area contributed by atoms with Crippen LogP contribution in [0, 0.1) is 19.8 Å². The highest BCUT2D eigenvalue weighted by molar-refractivity contribution is 5.79. The van der Waals surface area contributed by atoms with Crippen LogP contribution in [0.1, 0.15) is 35.9 Å². The summed E-state index contributed by atoms with van der Waals surface area (Å²) in [6.07, 6.45) is 0. The molecule has 0 aliphatic carbocycles. The van der Waals surface area contributed by atoms with E-state index >= 15 is 0 Å². The maximum absolute atomic E-state index is 12.8. The number of carbonyl (C=O) groups is 1. The van der Waals surface area contributed by atoms with Crippen LogP contribution >= 0.6 is 0 Å². The molecular weight excluding hydrogens is 328 g/mol. The second-order valence-electron chi connectivity index (χ2n) is 7.08. The third-order valence-electron chi connectivity index (χ3n) is 5.23. The molecule has 140 valence electrons. The lowest BCUT2D eigenvalue weighted by atomic mass is 9.94. The molecule has 1 aliphatic rings. The SMILES string of the molecule is Cc1nc(CN2CCN(C(=O)C(C)C(N)c3ccccc3)CC2)oc1C. The van der Waals surface area contributed by atoms with Gasteiger partial charge in [0.05, 0.1) is 18.2 Å². The van der Waals surface area contributed by atoms with Crippen LogP contribution in [0.2, 0.25) is 0 Å². The van der Waals surface area contributed by atoms with Crippen LogP contribution in [0.5, 0.6) is 0 Å². The summed E-state index contributed by atoms with van der Waals surface area (Å²) in [5.41, 5.74) is 8.26. The van der Waals surface area contributed by atoms with Gasteiger partial charge in [-0.2, -0.15) is 0 Å². The van der Waals surface area contributed by atoms with Gasteiger partial charge in [0.15, 0.2) is 0 Å². The van der Waals surface area contributed by atoms with Gasteiger partial charge in [-0.1, -0.05) is 37.3 Å². The maximum Gasteiger partial charge on any atom is 0.227 e. The van der Waals surface area contributed by atoms with Crippen molar-refractivity contribution in [2.24, 2.45) is 11.7 Å². The van der Waals surface area contributed by atoms with Gasteiger partial charge in [0.1, 0.15) is 5.76 Å². The number of nitrogens with two attached hydrogens (primary N) is 1. The van der Waals surface area contributed by atoms with Crippen LogP contribution < -0.4 is 5.73 Å². The normalized spacial score (nSPS) is 17.9. The molecule has 0 spiro atoms. The molecule has 0 saturated carbocycles. The zero-order chi connectivity index (χ0) is 18.7. The second-order valence-corrected chi connectivity index (χ2v) is 7.08.